The number of aromatic nitrogens is 6. The Morgan fingerprint density at radius 2 is 2.10 bits per heavy atom. The zero-order valence-electron chi connectivity index (χ0n) is 15.1. The van der Waals surface area contributed by atoms with Crippen LogP contribution in [0, 0.1) is 0 Å². The molecule has 0 saturated carbocycles. The van der Waals surface area contributed by atoms with Crippen molar-refractivity contribution in [3.8, 4) is 11.5 Å². The highest BCUT2D eigenvalue weighted by molar-refractivity contribution is 7.15. The molecule has 0 aliphatic rings. The number of rotatable bonds is 5. The first-order chi connectivity index (χ1) is 14.2. The molecule has 0 aliphatic heterocycles. The van der Waals surface area contributed by atoms with Gasteiger partial charge in [-0.05, 0) is 35.9 Å². The van der Waals surface area contributed by atoms with E-state index in [1.165, 1.54) is 11.3 Å². The molecule has 5 rings (SSSR count). The Kier molecular flexibility index (Phi) is 4.17. The minimum atomic E-state index is -0.0913. The zero-order chi connectivity index (χ0) is 19.8. The van der Waals surface area contributed by atoms with Crippen LogP contribution in [0.1, 0.15) is 11.4 Å². The van der Waals surface area contributed by atoms with Crippen molar-refractivity contribution in [1.29, 1.82) is 0 Å². The van der Waals surface area contributed by atoms with Crippen LogP contribution in [0.25, 0.3) is 22.1 Å². The summed E-state index contributed by atoms with van der Waals surface area (Å²) in [7, 11) is 1.55. The number of imidazole rings is 1. The van der Waals surface area contributed by atoms with Gasteiger partial charge in [0.15, 0.2) is 16.5 Å². The van der Waals surface area contributed by atoms with Crippen LogP contribution in [-0.4, -0.2) is 32.0 Å². The average Bonchev–Trinajstić information content (AvgIpc) is 3.45. The van der Waals surface area contributed by atoms with Gasteiger partial charge in [0.1, 0.15) is 6.61 Å². The fourth-order valence-electron chi connectivity index (χ4n) is 3.02. The SMILES string of the molecule is COc1cc(C=c2sc3nc4ccccc4n3c2=O)ccc1OCc1nnn[n-]1. The number of nitrogens with zero attached hydrogens (tertiary/aromatic N) is 6. The largest absolute Gasteiger partial charge is 0.493 e. The lowest BCUT2D eigenvalue weighted by Crippen LogP contribution is -2.22. The van der Waals surface area contributed by atoms with E-state index in [9.17, 15) is 4.79 Å². The van der Waals surface area contributed by atoms with Gasteiger partial charge in [-0.25, -0.2) is 9.38 Å². The van der Waals surface area contributed by atoms with Crippen LogP contribution in [0.5, 0.6) is 11.5 Å². The maximum Gasteiger partial charge on any atom is 0.274 e. The van der Waals surface area contributed by atoms with E-state index in [0.717, 1.165) is 16.6 Å². The third-order valence-electron chi connectivity index (χ3n) is 4.35. The summed E-state index contributed by atoms with van der Waals surface area (Å²) in [5, 5.41) is 14.3. The summed E-state index contributed by atoms with van der Waals surface area (Å²) in [6.07, 6.45) is 1.82. The highest BCUT2D eigenvalue weighted by Crippen LogP contribution is 2.29. The number of thiazole rings is 1. The normalized spacial score (nSPS) is 12.1. The van der Waals surface area contributed by atoms with Gasteiger partial charge in [-0.3, -0.25) is 15.1 Å². The second-order valence-electron chi connectivity index (χ2n) is 6.13. The van der Waals surface area contributed by atoms with Crippen molar-refractivity contribution in [2.75, 3.05) is 7.11 Å². The minimum Gasteiger partial charge on any atom is -0.493 e. The van der Waals surface area contributed by atoms with Crippen LogP contribution >= 0.6 is 11.3 Å². The maximum atomic E-state index is 12.9. The number of benzene rings is 2. The van der Waals surface area contributed by atoms with Crippen LogP contribution in [0.4, 0.5) is 0 Å². The standard InChI is InChI=1S/C19H13N6O3S/c1-27-15-8-11(6-7-14(15)28-10-17-21-23-24-22-17)9-16-18(26)25-13-5-3-2-4-12(13)20-19(25)29-16/h2-9H,10H2,1H3/q-1. The quantitative estimate of drug-likeness (QED) is 0.429. The molecule has 0 aliphatic carbocycles. The van der Waals surface area contributed by atoms with Gasteiger partial charge in [-0.2, -0.15) is 5.21 Å². The summed E-state index contributed by atoms with van der Waals surface area (Å²) in [6.45, 7) is 0.131. The van der Waals surface area contributed by atoms with Crippen molar-refractivity contribution in [1.82, 2.24) is 30.0 Å². The molecule has 29 heavy (non-hydrogen) atoms. The molecule has 3 aromatic heterocycles. The molecule has 0 bridgehead atoms. The second kappa shape index (κ2) is 6.99. The van der Waals surface area contributed by atoms with Crippen molar-refractivity contribution in [3.05, 3.63) is 68.7 Å². The number of methoxy groups -OCH3 is 1. The first kappa shape index (κ1) is 17.3. The molecule has 0 saturated heterocycles. The van der Waals surface area contributed by atoms with E-state index < -0.39 is 0 Å². The Labute approximate surface area is 167 Å². The lowest BCUT2D eigenvalue weighted by atomic mass is 10.2. The predicted octanol–water partition coefficient (Wildman–Crippen LogP) is 1.19. The molecule has 0 amide bonds. The predicted molar refractivity (Wildman–Crippen MR) is 106 cm³/mol. The van der Waals surface area contributed by atoms with E-state index in [4.69, 9.17) is 9.47 Å². The molecule has 0 fully saturated rings. The molecule has 0 atom stereocenters. The lowest BCUT2D eigenvalue weighted by Gasteiger charge is -2.11. The van der Waals surface area contributed by atoms with Crippen molar-refractivity contribution in [2.45, 2.75) is 6.61 Å². The molecule has 144 valence electrons. The highest BCUT2D eigenvalue weighted by Gasteiger charge is 2.11. The number of ether oxygens (including phenoxy) is 2. The highest BCUT2D eigenvalue weighted by atomic mass is 32.1. The fraction of sp³-hybridized carbons (Fsp3) is 0.105. The third kappa shape index (κ3) is 3.09. The molecule has 9 nitrogen and oxygen atoms in total. The van der Waals surface area contributed by atoms with Crippen LogP contribution in [-0.2, 0) is 6.61 Å². The summed E-state index contributed by atoms with van der Waals surface area (Å²) >= 11 is 1.35. The van der Waals surface area contributed by atoms with Gasteiger partial charge < -0.3 is 14.6 Å². The van der Waals surface area contributed by atoms with Crippen LogP contribution in [0.2, 0.25) is 0 Å². The van der Waals surface area contributed by atoms with Crippen molar-refractivity contribution < 1.29 is 9.47 Å². The van der Waals surface area contributed by atoms with Gasteiger partial charge in [-0.1, -0.05) is 29.5 Å². The topological polar surface area (TPSA) is 106 Å². The lowest BCUT2D eigenvalue weighted by molar-refractivity contribution is 0.276. The third-order valence-corrected chi connectivity index (χ3v) is 5.32. The summed E-state index contributed by atoms with van der Waals surface area (Å²) in [5.41, 5.74) is 2.34. The first-order valence-corrected chi connectivity index (χ1v) is 9.45. The smallest absolute Gasteiger partial charge is 0.274 e. The number of hydrogen-bond donors (Lipinski definition) is 0. The van der Waals surface area contributed by atoms with E-state index in [1.54, 1.807) is 23.6 Å². The van der Waals surface area contributed by atoms with E-state index in [0.29, 0.717) is 26.8 Å². The molecule has 5 aromatic rings. The maximum absolute atomic E-state index is 12.9. The van der Waals surface area contributed by atoms with Crippen LogP contribution in [0.15, 0.2) is 47.3 Å². The van der Waals surface area contributed by atoms with Gasteiger partial charge in [0.05, 0.1) is 22.7 Å². The molecule has 0 unspecified atom stereocenters. The Bertz CT molecular complexity index is 1420. The van der Waals surface area contributed by atoms with Crippen molar-refractivity contribution >= 4 is 33.4 Å². The van der Waals surface area contributed by atoms with E-state index in [2.05, 4.69) is 25.6 Å². The van der Waals surface area contributed by atoms with E-state index >= 15 is 0 Å². The molecule has 2 aromatic carbocycles. The first-order valence-electron chi connectivity index (χ1n) is 8.63. The van der Waals surface area contributed by atoms with Crippen molar-refractivity contribution in [3.63, 3.8) is 0 Å². The second-order valence-corrected chi connectivity index (χ2v) is 7.14. The molecule has 10 heteroatoms. The fourth-order valence-corrected chi connectivity index (χ4v) is 4.01. The Morgan fingerprint density at radius 1 is 1.21 bits per heavy atom. The van der Waals surface area contributed by atoms with Gasteiger partial charge in [0.25, 0.3) is 5.56 Å². The zero-order valence-corrected chi connectivity index (χ0v) is 16.0. The van der Waals surface area contributed by atoms with Crippen molar-refractivity contribution in [2.24, 2.45) is 0 Å². The van der Waals surface area contributed by atoms with Crippen LogP contribution < -0.4 is 24.7 Å². The Morgan fingerprint density at radius 3 is 2.93 bits per heavy atom. The molecular weight excluding hydrogens is 392 g/mol. The Hall–Kier alpha value is -3.79. The summed E-state index contributed by atoms with van der Waals surface area (Å²) in [4.78, 5) is 18.1. The number of hydrogen-bond acceptors (Lipinski definition) is 8. The molecule has 0 radical (unpaired) electrons. The summed E-state index contributed by atoms with van der Waals surface area (Å²) in [6, 6.07) is 13.0. The van der Waals surface area contributed by atoms with E-state index in [1.807, 2.05) is 36.4 Å². The van der Waals surface area contributed by atoms with Gasteiger partial charge in [0.2, 0.25) is 0 Å². The van der Waals surface area contributed by atoms with Crippen LogP contribution in [0.3, 0.4) is 0 Å². The Balaban J connectivity index is 1.51. The van der Waals surface area contributed by atoms with Gasteiger partial charge in [-0.15, -0.1) is 0 Å². The van der Waals surface area contributed by atoms with Gasteiger partial charge >= 0.3 is 0 Å². The molecule has 0 spiro atoms. The average molecular weight is 405 g/mol. The summed E-state index contributed by atoms with van der Waals surface area (Å²) in [5.74, 6) is 1.45. The number of para-hydroxylation sites is 2. The monoisotopic (exact) mass is 405 g/mol. The van der Waals surface area contributed by atoms with E-state index in [-0.39, 0.29) is 12.2 Å². The van der Waals surface area contributed by atoms with Gasteiger partial charge in [0, 0.05) is 5.82 Å². The summed E-state index contributed by atoms with van der Waals surface area (Å²) < 4.78 is 13.3. The molecule has 3 heterocycles. The number of fused-ring (bicyclic) bond motifs is 3. The molecule has 0 N–H and O–H groups in total. The molecular formula is C19H13N6O3S-. The number of tetrazole rings is 1. The minimum absolute atomic E-state index is 0.0913.